The summed E-state index contributed by atoms with van der Waals surface area (Å²) in [6.45, 7) is 0. The van der Waals surface area contributed by atoms with E-state index in [4.69, 9.17) is 14.4 Å². The Hall–Kier alpha value is -6.84. The second kappa shape index (κ2) is 11.9. The first kappa shape index (κ1) is 29.1. The zero-order chi connectivity index (χ0) is 33.7. The molecule has 0 radical (unpaired) electrons. The van der Waals surface area contributed by atoms with Crippen molar-refractivity contribution >= 4 is 43.5 Å². The highest BCUT2D eigenvalue weighted by atomic mass is 16.3. The van der Waals surface area contributed by atoms with Crippen LogP contribution in [0.4, 0.5) is 0 Å². The maximum absolute atomic E-state index is 6.50. The van der Waals surface area contributed by atoms with Crippen molar-refractivity contribution in [3.8, 4) is 56.2 Å². The van der Waals surface area contributed by atoms with E-state index in [-0.39, 0.29) is 0 Å². The average molecular weight is 651 g/mol. The van der Waals surface area contributed by atoms with E-state index in [1.54, 1.807) is 0 Å². The summed E-state index contributed by atoms with van der Waals surface area (Å²) in [5, 5.41) is 6.97. The topological polar surface area (TPSA) is 38.9 Å². The third-order valence-corrected chi connectivity index (χ3v) is 9.90. The van der Waals surface area contributed by atoms with Gasteiger partial charge in [-0.2, -0.15) is 0 Å². The number of aromatic nitrogens is 2. The van der Waals surface area contributed by atoms with Crippen molar-refractivity contribution in [3.63, 3.8) is 0 Å². The van der Waals surface area contributed by atoms with E-state index < -0.39 is 0 Å². The van der Waals surface area contributed by atoms with Crippen molar-refractivity contribution < 1.29 is 4.42 Å². The minimum Gasteiger partial charge on any atom is -0.456 e. The lowest BCUT2D eigenvalue weighted by Gasteiger charge is -2.12. The Balaban J connectivity index is 1.18. The fraction of sp³-hybridized carbons (Fsp3) is 0. The average Bonchev–Trinajstić information content (AvgIpc) is 3.60. The first-order valence-corrected chi connectivity index (χ1v) is 17.2. The van der Waals surface area contributed by atoms with Crippen molar-refractivity contribution in [2.45, 2.75) is 0 Å². The predicted molar refractivity (Wildman–Crippen MR) is 212 cm³/mol. The number of benzene rings is 8. The molecule has 0 unspecified atom stereocenters. The van der Waals surface area contributed by atoms with Gasteiger partial charge in [0.05, 0.1) is 11.4 Å². The molecular formula is C48H30N2O. The van der Waals surface area contributed by atoms with Crippen LogP contribution in [0.1, 0.15) is 0 Å². The summed E-state index contributed by atoms with van der Waals surface area (Å²) in [7, 11) is 0. The van der Waals surface area contributed by atoms with Crippen LogP contribution in [0.5, 0.6) is 0 Å². The van der Waals surface area contributed by atoms with E-state index >= 15 is 0 Å². The van der Waals surface area contributed by atoms with Gasteiger partial charge >= 0.3 is 0 Å². The lowest BCUT2D eigenvalue weighted by atomic mass is 9.95. The highest BCUT2D eigenvalue weighted by molar-refractivity contribution is 6.17. The van der Waals surface area contributed by atoms with Gasteiger partial charge in [-0.3, -0.25) is 0 Å². The standard InChI is InChI=1S/C48H30N2O/c1-2-12-33(13-3-1)40-19-9-21-44-46(40)47-41(20-10-22-45(47)51-44)43-30-42(37-28-23-31-11-4-5-15-36(31)29-37)49-48(50-43)35-26-24-34(25-27-35)39-18-8-16-32-14-6-7-17-38(32)39/h1-30H. The van der Waals surface area contributed by atoms with Crippen molar-refractivity contribution in [2.24, 2.45) is 0 Å². The highest BCUT2D eigenvalue weighted by Gasteiger charge is 2.19. The Morgan fingerprint density at radius 1 is 0.333 bits per heavy atom. The quantitative estimate of drug-likeness (QED) is 0.186. The maximum atomic E-state index is 6.50. The smallest absolute Gasteiger partial charge is 0.160 e. The van der Waals surface area contributed by atoms with Gasteiger partial charge in [0.2, 0.25) is 0 Å². The van der Waals surface area contributed by atoms with E-state index in [1.165, 1.54) is 27.1 Å². The summed E-state index contributed by atoms with van der Waals surface area (Å²) in [5.41, 5.74) is 11.0. The normalized spacial score (nSPS) is 11.5. The minimum absolute atomic E-state index is 0.674. The maximum Gasteiger partial charge on any atom is 0.160 e. The Kier molecular flexibility index (Phi) is 6.81. The van der Waals surface area contributed by atoms with Crippen LogP contribution in [-0.2, 0) is 0 Å². The second-order valence-electron chi connectivity index (χ2n) is 13.0. The molecule has 0 aliphatic rings. The summed E-state index contributed by atoms with van der Waals surface area (Å²) in [6, 6.07) is 63.8. The molecule has 0 atom stereocenters. The SMILES string of the molecule is c1ccc(-c2cccc3oc4cccc(-c5cc(-c6ccc7ccccc7c6)nc(-c6ccc(-c7cccc8ccccc78)cc6)n5)c4c23)cc1. The number of nitrogens with zero attached hydrogens (tertiary/aromatic N) is 2. The van der Waals surface area contributed by atoms with Gasteiger partial charge in [0, 0.05) is 27.5 Å². The largest absolute Gasteiger partial charge is 0.456 e. The molecule has 10 rings (SSSR count). The van der Waals surface area contributed by atoms with E-state index in [0.29, 0.717) is 5.82 Å². The molecule has 2 heterocycles. The molecule has 10 aromatic rings. The Labute approximate surface area is 295 Å². The molecule has 0 fully saturated rings. The van der Waals surface area contributed by atoms with Crippen LogP contribution in [0.2, 0.25) is 0 Å². The molecule has 0 saturated carbocycles. The van der Waals surface area contributed by atoms with Crippen LogP contribution in [-0.4, -0.2) is 9.97 Å². The van der Waals surface area contributed by atoms with Gasteiger partial charge in [-0.25, -0.2) is 9.97 Å². The number of hydrogen-bond donors (Lipinski definition) is 0. The van der Waals surface area contributed by atoms with E-state index in [0.717, 1.165) is 66.7 Å². The molecule has 51 heavy (non-hydrogen) atoms. The minimum atomic E-state index is 0.674. The van der Waals surface area contributed by atoms with Crippen LogP contribution in [0.15, 0.2) is 186 Å². The van der Waals surface area contributed by atoms with Crippen molar-refractivity contribution in [1.82, 2.24) is 9.97 Å². The first-order chi connectivity index (χ1) is 25.3. The molecule has 0 N–H and O–H groups in total. The first-order valence-electron chi connectivity index (χ1n) is 17.2. The molecule has 0 bridgehead atoms. The summed E-state index contributed by atoms with van der Waals surface area (Å²) < 4.78 is 6.50. The fourth-order valence-corrected chi connectivity index (χ4v) is 7.43. The Bertz CT molecular complexity index is 2900. The van der Waals surface area contributed by atoms with Gasteiger partial charge in [-0.1, -0.05) is 158 Å². The van der Waals surface area contributed by atoms with Crippen molar-refractivity contribution in [3.05, 3.63) is 182 Å². The number of rotatable bonds is 5. The third-order valence-electron chi connectivity index (χ3n) is 9.90. The van der Waals surface area contributed by atoms with Crippen LogP contribution in [0, 0.1) is 0 Å². The molecule has 0 amide bonds. The Morgan fingerprint density at radius 3 is 1.73 bits per heavy atom. The molecule has 8 aromatic carbocycles. The van der Waals surface area contributed by atoms with Gasteiger partial charge in [-0.05, 0) is 68.1 Å². The molecular weight excluding hydrogens is 621 g/mol. The molecule has 238 valence electrons. The summed E-state index contributed by atoms with van der Waals surface area (Å²) in [4.78, 5) is 10.5. The zero-order valence-corrected chi connectivity index (χ0v) is 27.6. The van der Waals surface area contributed by atoms with Crippen LogP contribution < -0.4 is 0 Å². The number of hydrogen-bond acceptors (Lipinski definition) is 3. The van der Waals surface area contributed by atoms with Gasteiger partial charge in [0.15, 0.2) is 5.82 Å². The Morgan fingerprint density at radius 2 is 0.902 bits per heavy atom. The van der Waals surface area contributed by atoms with E-state index in [1.807, 2.05) is 12.1 Å². The molecule has 2 aromatic heterocycles. The fourth-order valence-electron chi connectivity index (χ4n) is 7.43. The highest BCUT2D eigenvalue weighted by Crippen LogP contribution is 2.42. The number of furan rings is 1. The zero-order valence-electron chi connectivity index (χ0n) is 27.6. The molecule has 0 aliphatic carbocycles. The van der Waals surface area contributed by atoms with E-state index in [9.17, 15) is 0 Å². The van der Waals surface area contributed by atoms with Crippen molar-refractivity contribution in [1.29, 1.82) is 0 Å². The van der Waals surface area contributed by atoms with Crippen LogP contribution in [0.3, 0.4) is 0 Å². The second-order valence-corrected chi connectivity index (χ2v) is 13.0. The van der Waals surface area contributed by atoms with Gasteiger partial charge in [-0.15, -0.1) is 0 Å². The molecule has 3 nitrogen and oxygen atoms in total. The number of fused-ring (bicyclic) bond motifs is 5. The van der Waals surface area contributed by atoms with E-state index in [2.05, 4.69) is 170 Å². The van der Waals surface area contributed by atoms with Gasteiger partial charge in [0.1, 0.15) is 11.2 Å². The summed E-state index contributed by atoms with van der Waals surface area (Å²) in [5.74, 6) is 0.674. The van der Waals surface area contributed by atoms with Gasteiger partial charge < -0.3 is 4.42 Å². The monoisotopic (exact) mass is 650 g/mol. The van der Waals surface area contributed by atoms with Gasteiger partial charge in [0.25, 0.3) is 0 Å². The van der Waals surface area contributed by atoms with Crippen LogP contribution >= 0.6 is 0 Å². The molecule has 0 aliphatic heterocycles. The molecule has 3 heteroatoms. The van der Waals surface area contributed by atoms with Crippen molar-refractivity contribution in [2.75, 3.05) is 0 Å². The molecule has 0 spiro atoms. The van der Waals surface area contributed by atoms with Crippen LogP contribution in [0.25, 0.3) is 99.6 Å². The summed E-state index contributed by atoms with van der Waals surface area (Å²) >= 11 is 0. The predicted octanol–water partition coefficient (Wildman–Crippen LogP) is 13.0. The molecule has 0 saturated heterocycles. The summed E-state index contributed by atoms with van der Waals surface area (Å²) in [6.07, 6.45) is 0. The lowest BCUT2D eigenvalue weighted by Crippen LogP contribution is -1.96. The lowest BCUT2D eigenvalue weighted by molar-refractivity contribution is 0.669. The third kappa shape index (κ3) is 5.06.